The van der Waals surface area contributed by atoms with Gasteiger partial charge in [0.1, 0.15) is 55.2 Å². The summed E-state index contributed by atoms with van der Waals surface area (Å²) in [5.74, 6) is -0.556. The Morgan fingerprint density at radius 3 is 0.873 bits per heavy atom. The molecule has 0 aliphatic carbocycles. The molecule has 0 radical (unpaired) electrons. The quantitative estimate of drug-likeness (QED) is 0.0126. The summed E-state index contributed by atoms with van der Waals surface area (Å²) < 4.78 is 18.3. The first-order chi connectivity index (χ1) is 53.3. The number of nitrogens with one attached hydrogen (secondary N) is 9. The Kier molecular flexibility index (Phi) is 28.5. The third kappa shape index (κ3) is 22.1. The first kappa shape index (κ1) is 79.0. The molecule has 0 spiro atoms. The molecule has 9 aromatic carbocycles. The number of H-pyrrole nitrogens is 3. The van der Waals surface area contributed by atoms with E-state index in [0.29, 0.717) is 132 Å². The van der Waals surface area contributed by atoms with E-state index in [4.69, 9.17) is 31.4 Å². The number of carbonyl (C=O) groups is 6. The number of carbonyl (C=O) groups excluding carboxylic acids is 6. The van der Waals surface area contributed by atoms with E-state index in [1.165, 1.54) is 0 Å². The minimum atomic E-state index is -0.870. The summed E-state index contributed by atoms with van der Waals surface area (Å²) in [5, 5.41) is 20.8. The molecule has 21 nitrogen and oxygen atoms in total. The van der Waals surface area contributed by atoms with Gasteiger partial charge < -0.3 is 78.3 Å². The highest BCUT2D eigenvalue weighted by molar-refractivity contribution is 6.01. The molecule has 3 heterocycles. The van der Waals surface area contributed by atoms with Crippen molar-refractivity contribution in [1.82, 2.24) is 30.9 Å². The molecule has 110 heavy (non-hydrogen) atoms. The molecule has 3 atom stereocenters. The number of anilines is 3. The van der Waals surface area contributed by atoms with Crippen molar-refractivity contribution < 1.29 is 43.0 Å². The van der Waals surface area contributed by atoms with E-state index in [-0.39, 0.29) is 67.1 Å². The van der Waals surface area contributed by atoms with Crippen LogP contribution in [0.15, 0.2) is 237 Å². The van der Waals surface area contributed by atoms with Crippen LogP contribution in [0.25, 0.3) is 32.7 Å². The second-order valence-corrected chi connectivity index (χ2v) is 27.4. The number of halogens is 1. The summed E-state index contributed by atoms with van der Waals surface area (Å²) in [6.45, 7) is 2.47. The van der Waals surface area contributed by atoms with Crippen molar-refractivity contribution in [1.29, 1.82) is 0 Å². The molecule has 0 unspecified atom stereocenters. The average Bonchev–Trinajstić information content (AvgIpc) is 0.852. The van der Waals surface area contributed by atoms with E-state index in [1.807, 2.05) is 218 Å². The van der Waals surface area contributed by atoms with Crippen molar-refractivity contribution in [3.05, 3.63) is 287 Å². The van der Waals surface area contributed by atoms with Crippen molar-refractivity contribution in [3.8, 4) is 17.2 Å². The fourth-order valence-electron chi connectivity index (χ4n) is 13.5. The summed E-state index contributed by atoms with van der Waals surface area (Å²) in [6.07, 6.45) is 10.4. The Morgan fingerprint density at radius 2 is 0.609 bits per heavy atom. The van der Waals surface area contributed by atoms with Gasteiger partial charge in [-0.3, -0.25) is 28.8 Å². The van der Waals surface area contributed by atoms with Gasteiger partial charge in [-0.05, 0) is 218 Å². The number of ether oxygens (including phenoxy) is 3. The number of amides is 6. The van der Waals surface area contributed by atoms with Crippen LogP contribution < -0.4 is 63.3 Å². The summed E-state index contributed by atoms with van der Waals surface area (Å²) in [4.78, 5) is 94.6. The minimum absolute atomic E-state index is 0. The lowest BCUT2D eigenvalue weighted by Gasteiger charge is -2.22. The summed E-state index contributed by atoms with van der Waals surface area (Å²) >= 11 is 0. The maximum absolute atomic E-state index is 14.3. The Labute approximate surface area is 646 Å². The third-order valence-corrected chi connectivity index (χ3v) is 19.3. The molecule has 15 N–H and O–H groups in total. The van der Waals surface area contributed by atoms with Crippen LogP contribution in [-0.2, 0) is 67.9 Å². The van der Waals surface area contributed by atoms with E-state index < -0.39 is 24.0 Å². The van der Waals surface area contributed by atoms with Crippen LogP contribution in [0.4, 0.5) is 17.1 Å². The monoisotopic (exact) mass is 1500 g/mol. The second-order valence-electron chi connectivity index (χ2n) is 27.4. The van der Waals surface area contributed by atoms with E-state index in [9.17, 15) is 28.8 Å². The molecule has 0 saturated carbocycles. The number of unbranched alkanes of at least 4 members (excludes halogenated alkanes) is 3. The van der Waals surface area contributed by atoms with Crippen LogP contribution in [0.5, 0.6) is 17.2 Å². The van der Waals surface area contributed by atoms with Gasteiger partial charge in [0.05, 0.1) is 19.3 Å². The van der Waals surface area contributed by atoms with Crippen molar-refractivity contribution in [2.75, 3.05) is 35.6 Å². The number of hydrogen-bond donors (Lipinski definition) is 12. The number of benzene rings is 9. The van der Waals surface area contributed by atoms with E-state index >= 15 is 0 Å². The Morgan fingerprint density at radius 1 is 0.336 bits per heavy atom. The van der Waals surface area contributed by atoms with Gasteiger partial charge in [0, 0.05) is 74.3 Å². The molecule has 0 fully saturated rings. The zero-order chi connectivity index (χ0) is 75.7. The molecule has 6 amide bonds. The molecular weight excluding hydrogens is 1400 g/mol. The standard InChI is InChI=1S/C88H94N12O9.ClH/c89-43-13-10-22-79(98-82(101)46-64-52-92-76-40-37-70(49-73(64)76)107-55-58-16-4-1-5-17-58)86(104)95-67-31-25-61(26-32-67)85(62-27-33-68(34-28-62)96-87(105)80(23-11-14-44-90)99-83(102)47-65-53-93-77-41-38-71(50-74(65)77)108-56-59-18-6-2-7-19-59)63-29-35-69(36-30-63)97-88(106)81(24-12-15-45-91)100-84(103)48-66-54-94-78-42-39-72(51-75(66)78)109-57-60-20-8-3-9-21-60;/h1-9,16-21,25-42,49-54,79-81,85,92-94H,10-15,22-24,43-48,55-57,89-91H2,(H,95,104)(H,96,105)(H,97,106)(H,98,101)(H,99,102)(H,100,103);1H/t79-,80-,81-;/m0./s1. The van der Waals surface area contributed by atoms with Gasteiger partial charge in [-0.15, -0.1) is 12.4 Å². The van der Waals surface area contributed by atoms with Gasteiger partial charge in [-0.25, -0.2) is 0 Å². The van der Waals surface area contributed by atoms with E-state index in [0.717, 1.165) is 82.8 Å². The maximum Gasteiger partial charge on any atom is 0.246 e. The molecular formula is C88H95ClN12O9. The fourth-order valence-corrected chi connectivity index (χ4v) is 13.5. The zero-order valence-electron chi connectivity index (χ0n) is 61.4. The average molecular weight is 1500 g/mol. The summed E-state index contributed by atoms with van der Waals surface area (Å²) in [7, 11) is 0. The first-order valence-corrected chi connectivity index (χ1v) is 37.3. The van der Waals surface area contributed by atoms with Crippen molar-refractivity contribution >= 4 is 97.6 Å². The van der Waals surface area contributed by atoms with Crippen LogP contribution in [0.1, 0.15) is 114 Å². The topological polar surface area (TPSA) is 328 Å². The number of aromatic nitrogens is 3. The molecule has 0 bridgehead atoms. The number of hydrogen-bond acceptors (Lipinski definition) is 12. The predicted molar refractivity (Wildman–Crippen MR) is 436 cm³/mol. The van der Waals surface area contributed by atoms with Gasteiger partial charge >= 0.3 is 0 Å². The van der Waals surface area contributed by atoms with Crippen LogP contribution in [0.3, 0.4) is 0 Å². The minimum Gasteiger partial charge on any atom is -0.489 e. The van der Waals surface area contributed by atoms with Crippen LogP contribution in [0, 0.1) is 0 Å². The van der Waals surface area contributed by atoms with Crippen LogP contribution in [0.2, 0.25) is 0 Å². The molecule has 568 valence electrons. The summed E-state index contributed by atoms with van der Waals surface area (Å²) in [6, 6.07) is 66.7. The lowest BCUT2D eigenvalue weighted by Crippen LogP contribution is -2.44. The lowest BCUT2D eigenvalue weighted by atomic mass is 9.85. The zero-order valence-corrected chi connectivity index (χ0v) is 62.2. The van der Waals surface area contributed by atoms with Gasteiger partial charge in [-0.2, -0.15) is 0 Å². The van der Waals surface area contributed by atoms with Crippen LogP contribution in [-0.4, -0.2) is 88.2 Å². The molecule has 12 rings (SSSR count). The first-order valence-electron chi connectivity index (χ1n) is 37.3. The molecule has 0 aliphatic heterocycles. The molecule has 3 aromatic heterocycles. The molecule has 12 aromatic rings. The van der Waals surface area contributed by atoms with E-state index in [1.54, 1.807) is 18.6 Å². The molecule has 0 saturated heterocycles. The number of nitrogens with two attached hydrogens (primary N) is 3. The van der Waals surface area contributed by atoms with Crippen molar-refractivity contribution in [3.63, 3.8) is 0 Å². The molecule has 22 heteroatoms. The Balaban J connectivity index is 0.0000120. The SMILES string of the molecule is Cl.NCCCC[C@H](NC(=O)Cc1c[nH]c2ccc(OCc3ccccc3)cc12)C(=O)Nc1ccc(C(c2ccc(NC(=O)[C@H](CCCCN)NC(=O)Cc3c[nH]c4ccc(OCc5ccccc5)cc34)cc2)c2ccc(NC(=O)[C@H](CCCCN)NC(=O)Cc3c[nH]c4ccc(OCc5ccccc5)cc34)cc2)cc1. The molecule has 0 aliphatic rings. The smallest absolute Gasteiger partial charge is 0.246 e. The van der Waals surface area contributed by atoms with Crippen LogP contribution >= 0.6 is 12.4 Å². The number of aromatic amines is 3. The highest BCUT2D eigenvalue weighted by Crippen LogP contribution is 2.35. The number of fused-ring (bicyclic) bond motifs is 3. The summed E-state index contributed by atoms with van der Waals surface area (Å²) in [5.41, 5.74) is 29.7. The van der Waals surface area contributed by atoms with Gasteiger partial charge in [0.25, 0.3) is 0 Å². The normalized spacial score (nSPS) is 12.0. The fraction of sp³-hybridized carbons (Fsp3) is 0.250. The van der Waals surface area contributed by atoms with E-state index in [2.05, 4.69) is 46.9 Å². The Hall–Kier alpha value is -12.0. The van der Waals surface area contributed by atoms with Gasteiger partial charge in [-0.1, -0.05) is 127 Å². The lowest BCUT2D eigenvalue weighted by molar-refractivity contribution is -0.126. The third-order valence-electron chi connectivity index (χ3n) is 19.3. The van der Waals surface area contributed by atoms with Crippen molar-refractivity contribution in [2.45, 2.75) is 121 Å². The highest BCUT2D eigenvalue weighted by Gasteiger charge is 2.27. The van der Waals surface area contributed by atoms with Crippen molar-refractivity contribution in [2.24, 2.45) is 17.2 Å². The number of rotatable bonds is 39. The largest absolute Gasteiger partial charge is 0.489 e. The Bertz CT molecular complexity index is 4500. The maximum atomic E-state index is 14.3. The predicted octanol–water partition coefficient (Wildman–Crippen LogP) is 13.9. The highest BCUT2D eigenvalue weighted by atomic mass is 35.5. The van der Waals surface area contributed by atoms with Gasteiger partial charge in [0.2, 0.25) is 35.4 Å². The second kappa shape index (κ2) is 39.7. The van der Waals surface area contributed by atoms with Gasteiger partial charge in [0.15, 0.2) is 0 Å².